The molecule has 20 heavy (non-hydrogen) atoms. The second-order valence-electron chi connectivity index (χ2n) is 6.11. The third-order valence-corrected chi connectivity index (χ3v) is 4.22. The molecule has 0 saturated carbocycles. The number of nitrogens with zero attached hydrogens (tertiary/aromatic N) is 1. The summed E-state index contributed by atoms with van der Waals surface area (Å²) in [6.45, 7) is 7.75. The van der Waals surface area contributed by atoms with Crippen molar-refractivity contribution in [1.29, 1.82) is 0 Å². The lowest BCUT2D eigenvalue weighted by atomic mass is 10.1. The number of carbonyl (C=O) groups excluding carboxylic acids is 1. The fourth-order valence-electron chi connectivity index (χ4n) is 3.11. The van der Waals surface area contributed by atoms with Crippen molar-refractivity contribution >= 4 is 16.8 Å². The van der Waals surface area contributed by atoms with Crippen molar-refractivity contribution in [3.63, 3.8) is 0 Å². The van der Waals surface area contributed by atoms with Gasteiger partial charge in [-0.3, -0.25) is 4.79 Å². The molecule has 0 bridgehead atoms. The number of nitrogens with one attached hydrogen (secondary N) is 1. The van der Waals surface area contributed by atoms with Crippen LogP contribution in [0.1, 0.15) is 30.7 Å². The van der Waals surface area contributed by atoms with Crippen LogP contribution in [0.3, 0.4) is 0 Å². The van der Waals surface area contributed by atoms with E-state index in [9.17, 15) is 4.79 Å². The molecule has 106 valence electrons. The van der Waals surface area contributed by atoms with Gasteiger partial charge in [-0.05, 0) is 31.0 Å². The molecule has 1 aliphatic rings. The van der Waals surface area contributed by atoms with E-state index in [0.29, 0.717) is 0 Å². The first kappa shape index (κ1) is 13.2. The highest BCUT2D eigenvalue weighted by atomic mass is 16.2. The molecular weight excluding hydrogens is 248 g/mol. The molecule has 0 saturated heterocycles. The Morgan fingerprint density at radius 1 is 1.25 bits per heavy atom. The van der Waals surface area contributed by atoms with Crippen LogP contribution >= 0.6 is 0 Å². The average Bonchev–Trinajstić information content (AvgIpc) is 2.62. The monoisotopic (exact) mass is 270 g/mol. The molecule has 1 aromatic heterocycles. The molecule has 0 aliphatic carbocycles. The van der Waals surface area contributed by atoms with E-state index in [1.165, 1.54) is 27.7 Å². The fraction of sp³-hybridized carbons (Fsp3) is 0.471. The number of aromatic amines is 1. The van der Waals surface area contributed by atoms with Crippen LogP contribution in [0.15, 0.2) is 18.2 Å². The minimum Gasteiger partial charge on any atom is -0.358 e. The van der Waals surface area contributed by atoms with E-state index in [1.807, 2.05) is 18.7 Å². The maximum Gasteiger partial charge on any atom is 0.225 e. The number of hydrogen-bond acceptors (Lipinski definition) is 1. The number of carbonyl (C=O) groups is 1. The molecule has 3 rings (SSSR count). The molecule has 0 fully saturated rings. The highest BCUT2D eigenvalue weighted by Crippen LogP contribution is 2.27. The van der Waals surface area contributed by atoms with E-state index in [-0.39, 0.29) is 11.8 Å². The highest BCUT2D eigenvalue weighted by Gasteiger charge is 2.22. The molecule has 1 aliphatic heterocycles. The first-order valence-corrected chi connectivity index (χ1v) is 7.45. The minimum atomic E-state index is 0.0884. The molecule has 3 nitrogen and oxygen atoms in total. The Morgan fingerprint density at radius 3 is 2.75 bits per heavy atom. The van der Waals surface area contributed by atoms with Gasteiger partial charge in [0.05, 0.1) is 0 Å². The number of benzene rings is 1. The first-order valence-electron chi connectivity index (χ1n) is 7.45. The Morgan fingerprint density at radius 2 is 2.00 bits per heavy atom. The van der Waals surface area contributed by atoms with E-state index >= 15 is 0 Å². The van der Waals surface area contributed by atoms with Gasteiger partial charge in [-0.25, -0.2) is 0 Å². The van der Waals surface area contributed by atoms with Gasteiger partial charge >= 0.3 is 0 Å². The van der Waals surface area contributed by atoms with Crippen LogP contribution in [0.2, 0.25) is 0 Å². The van der Waals surface area contributed by atoms with Gasteiger partial charge in [0, 0.05) is 42.0 Å². The van der Waals surface area contributed by atoms with Crippen LogP contribution < -0.4 is 0 Å². The van der Waals surface area contributed by atoms with E-state index in [2.05, 4.69) is 30.1 Å². The van der Waals surface area contributed by atoms with Crippen LogP contribution in [-0.4, -0.2) is 28.9 Å². The predicted molar refractivity (Wildman–Crippen MR) is 81.9 cm³/mol. The molecule has 1 amide bonds. The Kier molecular flexibility index (Phi) is 3.28. The standard InChI is InChI=1S/C17H22N2O/c1-11(2)17(20)19-8-6-13-14-10-12(3)4-5-15(14)18-16(13)7-9-19/h4-5,10-11,18H,6-9H2,1-3H3. The number of fused-ring (bicyclic) bond motifs is 3. The van der Waals surface area contributed by atoms with Crippen molar-refractivity contribution in [1.82, 2.24) is 9.88 Å². The number of aryl methyl sites for hydroxylation is 1. The number of amides is 1. The maximum absolute atomic E-state index is 12.2. The summed E-state index contributed by atoms with van der Waals surface area (Å²) < 4.78 is 0. The lowest BCUT2D eigenvalue weighted by Gasteiger charge is -2.22. The van der Waals surface area contributed by atoms with Gasteiger partial charge in [-0.1, -0.05) is 25.5 Å². The molecule has 1 aromatic carbocycles. The summed E-state index contributed by atoms with van der Waals surface area (Å²) in [6.07, 6.45) is 1.89. The van der Waals surface area contributed by atoms with Crippen molar-refractivity contribution < 1.29 is 4.79 Å². The third-order valence-electron chi connectivity index (χ3n) is 4.22. The minimum absolute atomic E-state index is 0.0884. The highest BCUT2D eigenvalue weighted by molar-refractivity contribution is 5.86. The van der Waals surface area contributed by atoms with Crippen LogP contribution in [0.4, 0.5) is 0 Å². The Hall–Kier alpha value is -1.77. The molecule has 0 radical (unpaired) electrons. The van der Waals surface area contributed by atoms with E-state index in [1.54, 1.807) is 0 Å². The molecule has 1 N–H and O–H groups in total. The molecule has 0 spiro atoms. The SMILES string of the molecule is Cc1ccc2[nH]c3c(c2c1)CCN(C(=O)C(C)C)CC3. The van der Waals surface area contributed by atoms with Gasteiger partial charge in [0.25, 0.3) is 0 Å². The van der Waals surface area contributed by atoms with E-state index in [0.717, 1.165) is 25.9 Å². The summed E-state index contributed by atoms with van der Waals surface area (Å²) in [4.78, 5) is 17.7. The van der Waals surface area contributed by atoms with E-state index < -0.39 is 0 Å². The average molecular weight is 270 g/mol. The predicted octanol–water partition coefficient (Wildman–Crippen LogP) is 3.06. The lowest BCUT2D eigenvalue weighted by molar-refractivity contribution is -0.134. The number of aromatic nitrogens is 1. The second-order valence-corrected chi connectivity index (χ2v) is 6.11. The van der Waals surface area contributed by atoms with Crippen LogP contribution in [0.25, 0.3) is 10.9 Å². The quantitative estimate of drug-likeness (QED) is 0.849. The largest absolute Gasteiger partial charge is 0.358 e. The lowest BCUT2D eigenvalue weighted by Crippen LogP contribution is -2.36. The summed E-state index contributed by atoms with van der Waals surface area (Å²) in [5, 5.41) is 1.33. The zero-order valence-corrected chi connectivity index (χ0v) is 12.5. The van der Waals surface area contributed by atoms with Gasteiger partial charge in [0.2, 0.25) is 5.91 Å². The number of rotatable bonds is 1. The fourth-order valence-corrected chi connectivity index (χ4v) is 3.11. The number of H-pyrrole nitrogens is 1. The van der Waals surface area contributed by atoms with Crippen molar-refractivity contribution in [3.05, 3.63) is 35.0 Å². The number of hydrogen-bond donors (Lipinski definition) is 1. The van der Waals surface area contributed by atoms with Crippen molar-refractivity contribution in [3.8, 4) is 0 Å². The van der Waals surface area contributed by atoms with Gasteiger partial charge in [0.1, 0.15) is 0 Å². The summed E-state index contributed by atoms with van der Waals surface area (Å²) in [5.41, 5.74) is 5.23. The molecule has 3 heteroatoms. The Bertz CT molecular complexity index is 654. The van der Waals surface area contributed by atoms with Gasteiger partial charge in [-0.2, -0.15) is 0 Å². The van der Waals surface area contributed by atoms with Crippen LogP contribution in [-0.2, 0) is 17.6 Å². The van der Waals surface area contributed by atoms with Gasteiger partial charge < -0.3 is 9.88 Å². The topological polar surface area (TPSA) is 36.1 Å². The van der Waals surface area contributed by atoms with Gasteiger partial charge in [-0.15, -0.1) is 0 Å². The summed E-state index contributed by atoms with van der Waals surface area (Å²) in [7, 11) is 0. The van der Waals surface area contributed by atoms with Crippen molar-refractivity contribution in [2.75, 3.05) is 13.1 Å². The zero-order chi connectivity index (χ0) is 14.3. The summed E-state index contributed by atoms with van der Waals surface area (Å²) >= 11 is 0. The van der Waals surface area contributed by atoms with Crippen LogP contribution in [0.5, 0.6) is 0 Å². The second kappa shape index (κ2) is 4.97. The summed E-state index contributed by atoms with van der Waals surface area (Å²) in [5.74, 6) is 0.362. The Balaban J connectivity index is 1.92. The maximum atomic E-state index is 12.2. The summed E-state index contributed by atoms with van der Waals surface area (Å²) in [6, 6.07) is 6.56. The van der Waals surface area contributed by atoms with Crippen molar-refractivity contribution in [2.24, 2.45) is 5.92 Å². The van der Waals surface area contributed by atoms with Crippen molar-refractivity contribution in [2.45, 2.75) is 33.6 Å². The molecule has 2 aromatic rings. The normalized spacial score (nSPS) is 15.5. The first-order chi connectivity index (χ1) is 9.56. The molecule has 0 atom stereocenters. The molecular formula is C17H22N2O. The molecule has 0 unspecified atom stereocenters. The smallest absolute Gasteiger partial charge is 0.225 e. The zero-order valence-electron chi connectivity index (χ0n) is 12.5. The Labute approximate surface area is 120 Å². The van der Waals surface area contributed by atoms with Crippen LogP contribution in [0, 0.1) is 12.8 Å². The molecule has 2 heterocycles. The van der Waals surface area contributed by atoms with E-state index in [4.69, 9.17) is 0 Å². The van der Waals surface area contributed by atoms with Gasteiger partial charge in [0.15, 0.2) is 0 Å². The third kappa shape index (κ3) is 2.21.